The summed E-state index contributed by atoms with van der Waals surface area (Å²) >= 11 is 9.41. The van der Waals surface area contributed by atoms with Gasteiger partial charge in [-0.05, 0) is 61.3 Å². The number of benzene rings is 1. The van der Waals surface area contributed by atoms with Gasteiger partial charge in [0.1, 0.15) is 23.4 Å². The second kappa shape index (κ2) is 6.81. The number of ether oxygens (including phenoxy) is 2. The molecule has 0 saturated carbocycles. The largest absolute Gasteiger partial charge is 0.490 e. The van der Waals surface area contributed by atoms with Crippen LogP contribution in [0.4, 0.5) is 4.79 Å². The van der Waals surface area contributed by atoms with E-state index in [1.54, 1.807) is 12.1 Å². The summed E-state index contributed by atoms with van der Waals surface area (Å²) in [5.74, 6) is 0.657. The van der Waals surface area contributed by atoms with Gasteiger partial charge in [0.2, 0.25) is 0 Å². The average molecular weight is 416 g/mol. The second-order valence-corrected chi connectivity index (χ2v) is 8.34. The first kappa shape index (κ1) is 18.9. The fraction of sp³-hybridized carbons (Fsp3) is 0.529. The number of nitriles is 1. The maximum Gasteiger partial charge on any atom is 0.410 e. The molecule has 0 unspecified atom stereocenters. The van der Waals surface area contributed by atoms with Crippen LogP contribution in [0, 0.1) is 23.7 Å². The Bertz CT molecular complexity index is 665. The summed E-state index contributed by atoms with van der Waals surface area (Å²) in [6.45, 7) is 8.11. The van der Waals surface area contributed by atoms with Crippen molar-refractivity contribution < 1.29 is 14.3 Å². The molecule has 130 valence electrons. The first-order chi connectivity index (χ1) is 11.1. The Morgan fingerprint density at radius 2 is 2.08 bits per heavy atom. The molecule has 1 aromatic carbocycles. The molecular formula is C17H20BrClN2O3. The zero-order valence-corrected chi connectivity index (χ0v) is 16.5. The molecule has 1 heterocycles. The summed E-state index contributed by atoms with van der Waals surface area (Å²) in [6.07, 6.45) is -0.405. The highest BCUT2D eigenvalue weighted by Gasteiger charge is 2.48. The zero-order chi connectivity index (χ0) is 18.1. The van der Waals surface area contributed by atoms with E-state index in [0.29, 0.717) is 23.9 Å². The number of carbonyl (C=O) groups is 1. The second-order valence-electron chi connectivity index (χ2n) is 7.05. The lowest BCUT2D eigenvalue weighted by Crippen LogP contribution is -2.61. The summed E-state index contributed by atoms with van der Waals surface area (Å²) in [5, 5.41) is 10.1. The van der Waals surface area contributed by atoms with E-state index < -0.39 is 17.1 Å². The lowest BCUT2D eigenvalue weighted by Gasteiger charge is -2.45. The van der Waals surface area contributed by atoms with Gasteiger partial charge in [-0.3, -0.25) is 0 Å². The molecular weight excluding hydrogens is 396 g/mol. The fourth-order valence-corrected chi connectivity index (χ4v) is 3.49. The van der Waals surface area contributed by atoms with E-state index in [0.717, 1.165) is 10.0 Å². The van der Waals surface area contributed by atoms with Crippen LogP contribution < -0.4 is 4.74 Å². The Morgan fingerprint density at radius 1 is 1.46 bits per heavy atom. The Kier molecular flexibility index (Phi) is 5.36. The minimum Gasteiger partial charge on any atom is -0.490 e. The molecule has 5 nitrogen and oxygen atoms in total. The number of halogens is 2. The third-order valence-corrected chi connectivity index (χ3v) is 4.37. The SMILES string of the molecule is Cc1cc(Cl)cc(Br)c1OCC1(C#N)CN(C(=O)OC(C)(C)C)C1. The van der Waals surface area contributed by atoms with E-state index in [2.05, 4.69) is 22.0 Å². The molecule has 0 N–H and O–H groups in total. The Hall–Kier alpha value is -1.45. The molecule has 0 radical (unpaired) electrons. The van der Waals surface area contributed by atoms with Gasteiger partial charge in [-0.25, -0.2) is 4.79 Å². The first-order valence-electron chi connectivity index (χ1n) is 7.53. The molecule has 1 saturated heterocycles. The molecule has 7 heteroatoms. The van der Waals surface area contributed by atoms with Gasteiger partial charge in [0.25, 0.3) is 0 Å². The maximum absolute atomic E-state index is 12.0. The van der Waals surface area contributed by atoms with Gasteiger partial charge in [0, 0.05) is 18.1 Å². The molecule has 0 aromatic heterocycles. The number of aryl methyl sites for hydroxylation is 1. The van der Waals surface area contributed by atoms with Gasteiger partial charge >= 0.3 is 6.09 Å². The van der Waals surface area contributed by atoms with E-state index >= 15 is 0 Å². The maximum atomic E-state index is 12.0. The van der Waals surface area contributed by atoms with Crippen LogP contribution in [0.25, 0.3) is 0 Å². The molecule has 1 amide bonds. The summed E-state index contributed by atoms with van der Waals surface area (Å²) in [4.78, 5) is 13.5. The normalized spacial score (nSPS) is 16.1. The number of nitrogens with zero attached hydrogens (tertiary/aromatic N) is 2. The predicted octanol–water partition coefficient (Wildman–Crippen LogP) is 4.55. The Balaban J connectivity index is 1.98. The molecule has 0 aliphatic carbocycles. The molecule has 1 aromatic rings. The third-order valence-electron chi connectivity index (χ3n) is 3.56. The molecule has 24 heavy (non-hydrogen) atoms. The molecule has 0 bridgehead atoms. The highest BCUT2D eigenvalue weighted by atomic mass is 79.9. The average Bonchev–Trinajstić information content (AvgIpc) is 2.37. The van der Waals surface area contributed by atoms with Crippen LogP contribution in [0.5, 0.6) is 5.75 Å². The smallest absolute Gasteiger partial charge is 0.410 e. The van der Waals surface area contributed by atoms with Gasteiger partial charge in [-0.15, -0.1) is 0 Å². The number of likely N-dealkylation sites (tertiary alicyclic amines) is 1. The van der Waals surface area contributed by atoms with Crippen molar-refractivity contribution in [3.63, 3.8) is 0 Å². The lowest BCUT2D eigenvalue weighted by molar-refractivity contribution is -0.0283. The van der Waals surface area contributed by atoms with Gasteiger partial charge in [0.05, 0.1) is 10.5 Å². The number of hydrogen-bond donors (Lipinski definition) is 0. The van der Waals surface area contributed by atoms with Crippen LogP contribution >= 0.6 is 27.5 Å². The molecule has 1 fully saturated rings. The summed E-state index contributed by atoms with van der Waals surface area (Å²) in [7, 11) is 0. The van der Waals surface area contributed by atoms with Gasteiger partial charge in [0.15, 0.2) is 0 Å². The summed E-state index contributed by atoms with van der Waals surface area (Å²) in [6, 6.07) is 5.81. The van der Waals surface area contributed by atoms with Crippen molar-refractivity contribution >= 4 is 33.6 Å². The van der Waals surface area contributed by atoms with Crippen LogP contribution in [0.2, 0.25) is 5.02 Å². The minimum absolute atomic E-state index is 0.198. The van der Waals surface area contributed by atoms with E-state index in [1.807, 2.05) is 27.7 Å². The Labute approximate surface area is 155 Å². The van der Waals surface area contributed by atoms with Crippen LogP contribution in [0.1, 0.15) is 26.3 Å². The van der Waals surface area contributed by atoms with E-state index in [9.17, 15) is 10.1 Å². The predicted molar refractivity (Wildman–Crippen MR) is 95.2 cm³/mol. The van der Waals surface area contributed by atoms with Crippen molar-refractivity contribution in [1.82, 2.24) is 4.90 Å². The quantitative estimate of drug-likeness (QED) is 0.726. The number of amides is 1. The van der Waals surface area contributed by atoms with Crippen molar-refractivity contribution in [1.29, 1.82) is 5.26 Å². The lowest BCUT2D eigenvalue weighted by atomic mass is 9.82. The minimum atomic E-state index is -0.720. The summed E-state index contributed by atoms with van der Waals surface area (Å²) in [5.41, 5.74) is -0.391. The monoisotopic (exact) mass is 414 g/mol. The Morgan fingerprint density at radius 3 is 2.58 bits per heavy atom. The van der Waals surface area contributed by atoms with Gasteiger partial charge in [-0.1, -0.05) is 11.6 Å². The van der Waals surface area contributed by atoms with Crippen LogP contribution in [0.3, 0.4) is 0 Å². The van der Waals surface area contributed by atoms with E-state index in [4.69, 9.17) is 21.1 Å². The van der Waals surface area contributed by atoms with Gasteiger partial charge in [-0.2, -0.15) is 5.26 Å². The molecule has 1 aliphatic heterocycles. The number of carbonyl (C=O) groups excluding carboxylic acids is 1. The molecule has 0 atom stereocenters. The zero-order valence-electron chi connectivity index (χ0n) is 14.2. The highest BCUT2D eigenvalue weighted by Crippen LogP contribution is 2.36. The van der Waals surface area contributed by atoms with Crippen LogP contribution in [-0.2, 0) is 4.74 Å². The van der Waals surface area contributed by atoms with Crippen molar-refractivity contribution in [2.24, 2.45) is 5.41 Å². The van der Waals surface area contributed by atoms with Crippen molar-refractivity contribution in [2.45, 2.75) is 33.3 Å². The number of rotatable bonds is 3. The molecule has 2 rings (SSSR count). The summed E-state index contributed by atoms with van der Waals surface area (Å²) < 4.78 is 11.9. The molecule has 1 aliphatic rings. The van der Waals surface area contributed by atoms with Crippen LogP contribution in [-0.4, -0.2) is 36.3 Å². The van der Waals surface area contributed by atoms with E-state index in [1.165, 1.54) is 4.90 Å². The number of hydrogen-bond acceptors (Lipinski definition) is 4. The molecule has 0 spiro atoms. The van der Waals surface area contributed by atoms with Crippen molar-refractivity contribution in [3.05, 3.63) is 27.2 Å². The van der Waals surface area contributed by atoms with Crippen molar-refractivity contribution in [2.75, 3.05) is 19.7 Å². The van der Waals surface area contributed by atoms with E-state index in [-0.39, 0.29) is 6.61 Å². The highest BCUT2D eigenvalue weighted by molar-refractivity contribution is 9.10. The van der Waals surface area contributed by atoms with Crippen LogP contribution in [0.15, 0.2) is 16.6 Å². The third kappa shape index (κ3) is 4.34. The fourth-order valence-electron chi connectivity index (χ4n) is 2.42. The standard InChI is InChI=1S/C17H20BrClN2O3/c1-11-5-12(19)6-13(18)14(11)23-10-17(7-20)8-21(9-17)15(22)24-16(2,3)4/h5-6H,8-10H2,1-4H3. The first-order valence-corrected chi connectivity index (χ1v) is 8.70. The van der Waals surface area contributed by atoms with Crippen molar-refractivity contribution in [3.8, 4) is 11.8 Å². The van der Waals surface area contributed by atoms with Gasteiger partial charge < -0.3 is 14.4 Å². The topological polar surface area (TPSA) is 62.6 Å².